The fourth-order valence-electron chi connectivity index (χ4n) is 3.19. The summed E-state index contributed by atoms with van der Waals surface area (Å²) in [4.78, 5) is 6.62. The maximum Gasteiger partial charge on any atom is 0.137 e. The van der Waals surface area contributed by atoms with E-state index in [1.54, 1.807) is 12.4 Å². The number of piperidine rings is 1. The van der Waals surface area contributed by atoms with Gasteiger partial charge in [-0.05, 0) is 19.4 Å². The van der Waals surface area contributed by atoms with Gasteiger partial charge in [0.05, 0.1) is 16.9 Å². The third-order valence-electron chi connectivity index (χ3n) is 4.50. The molecule has 1 saturated heterocycles. The van der Waals surface area contributed by atoms with Crippen molar-refractivity contribution in [1.82, 2.24) is 24.2 Å². The molecule has 0 aliphatic carbocycles. The Morgan fingerprint density at radius 2 is 2.27 bits per heavy atom. The molecule has 1 fully saturated rings. The molecule has 3 rings (SSSR count). The van der Waals surface area contributed by atoms with Crippen molar-refractivity contribution in [1.29, 1.82) is 0 Å². The molecule has 7 heteroatoms. The number of hydrogen-bond donors (Lipinski definition) is 1. The predicted octanol–water partition coefficient (Wildman–Crippen LogP) is 1.75. The minimum Gasteiger partial charge on any atom is -0.385 e. The normalized spacial score (nSPS) is 21.2. The average molecular weight is 324 g/mol. The van der Waals surface area contributed by atoms with Crippen LogP contribution in [0.1, 0.15) is 30.5 Å². The first-order chi connectivity index (χ1) is 10.6. The molecule has 0 spiro atoms. The molecule has 1 N–H and O–H groups in total. The molecule has 0 radical (unpaired) electrons. The van der Waals surface area contributed by atoms with E-state index in [0.717, 1.165) is 44.0 Å². The summed E-state index contributed by atoms with van der Waals surface area (Å²) in [7, 11) is 3.83. The zero-order chi connectivity index (χ0) is 15.7. The van der Waals surface area contributed by atoms with E-state index in [1.807, 2.05) is 29.5 Å². The van der Waals surface area contributed by atoms with Crippen LogP contribution in [0.2, 0.25) is 5.02 Å². The molecule has 0 unspecified atom stereocenters. The average Bonchev–Trinajstić information content (AvgIpc) is 3.07. The molecule has 1 aliphatic rings. The van der Waals surface area contributed by atoms with Crippen molar-refractivity contribution >= 4 is 11.6 Å². The van der Waals surface area contributed by atoms with Crippen LogP contribution in [0, 0.1) is 5.92 Å². The molecule has 3 heterocycles. The smallest absolute Gasteiger partial charge is 0.137 e. The molecular formula is C15H22ClN5O. The van der Waals surface area contributed by atoms with Crippen molar-refractivity contribution in [3.05, 3.63) is 35.1 Å². The van der Waals surface area contributed by atoms with Gasteiger partial charge < -0.3 is 9.67 Å². The summed E-state index contributed by atoms with van der Waals surface area (Å²) < 4.78 is 3.71. The Morgan fingerprint density at radius 1 is 1.45 bits per heavy atom. The third kappa shape index (κ3) is 3.04. The van der Waals surface area contributed by atoms with Crippen LogP contribution in [-0.4, -0.2) is 42.4 Å². The fraction of sp³-hybridized carbons (Fsp3) is 0.600. The van der Waals surface area contributed by atoms with Crippen molar-refractivity contribution in [2.45, 2.75) is 25.5 Å². The second-order valence-corrected chi connectivity index (χ2v) is 6.45. The highest BCUT2D eigenvalue weighted by molar-refractivity contribution is 6.31. The SMILES string of the molecule is Cn1ccnc1[C@H](O)[C@H]1CCCN(Cc2c(Cl)cnn2C)C1. The summed E-state index contributed by atoms with van der Waals surface area (Å²) >= 11 is 6.19. The van der Waals surface area contributed by atoms with Crippen LogP contribution in [-0.2, 0) is 20.6 Å². The summed E-state index contributed by atoms with van der Waals surface area (Å²) in [5.74, 6) is 0.937. The highest BCUT2D eigenvalue weighted by Gasteiger charge is 2.29. The largest absolute Gasteiger partial charge is 0.385 e. The van der Waals surface area contributed by atoms with E-state index in [4.69, 9.17) is 11.6 Å². The van der Waals surface area contributed by atoms with E-state index in [2.05, 4.69) is 15.0 Å². The van der Waals surface area contributed by atoms with Gasteiger partial charge in [0, 0.05) is 45.5 Å². The lowest BCUT2D eigenvalue weighted by atomic mass is 9.92. The number of nitrogens with zero attached hydrogens (tertiary/aromatic N) is 5. The summed E-state index contributed by atoms with van der Waals surface area (Å²) in [5, 5.41) is 15.5. The number of halogens is 1. The van der Waals surface area contributed by atoms with E-state index in [0.29, 0.717) is 5.02 Å². The lowest BCUT2D eigenvalue weighted by Crippen LogP contribution is -2.38. The first-order valence-corrected chi connectivity index (χ1v) is 7.98. The zero-order valence-corrected chi connectivity index (χ0v) is 13.7. The predicted molar refractivity (Wildman–Crippen MR) is 84.4 cm³/mol. The van der Waals surface area contributed by atoms with Gasteiger partial charge in [-0.15, -0.1) is 0 Å². The fourth-order valence-corrected chi connectivity index (χ4v) is 3.42. The molecule has 120 valence electrons. The van der Waals surface area contributed by atoms with Gasteiger partial charge >= 0.3 is 0 Å². The highest BCUT2D eigenvalue weighted by atomic mass is 35.5. The number of aliphatic hydroxyl groups excluding tert-OH is 1. The zero-order valence-electron chi connectivity index (χ0n) is 13.0. The van der Waals surface area contributed by atoms with Crippen molar-refractivity contribution in [3.63, 3.8) is 0 Å². The Balaban J connectivity index is 1.68. The van der Waals surface area contributed by atoms with E-state index < -0.39 is 6.10 Å². The van der Waals surface area contributed by atoms with Crippen LogP contribution in [0.5, 0.6) is 0 Å². The quantitative estimate of drug-likeness (QED) is 0.931. The third-order valence-corrected chi connectivity index (χ3v) is 4.81. The summed E-state index contributed by atoms with van der Waals surface area (Å²) in [6, 6.07) is 0. The van der Waals surface area contributed by atoms with E-state index >= 15 is 0 Å². The Kier molecular flexibility index (Phi) is 4.52. The monoisotopic (exact) mass is 323 g/mol. The Bertz CT molecular complexity index is 618. The second kappa shape index (κ2) is 6.40. The number of likely N-dealkylation sites (tertiary alicyclic amines) is 1. The lowest BCUT2D eigenvalue weighted by Gasteiger charge is -2.34. The molecule has 2 aromatic heterocycles. The van der Waals surface area contributed by atoms with Gasteiger partial charge in [-0.1, -0.05) is 11.6 Å². The molecule has 0 aromatic carbocycles. The molecule has 1 aliphatic heterocycles. The lowest BCUT2D eigenvalue weighted by molar-refractivity contribution is 0.0397. The first kappa shape index (κ1) is 15.5. The number of hydrogen-bond acceptors (Lipinski definition) is 4. The minimum absolute atomic E-state index is 0.196. The van der Waals surface area contributed by atoms with Gasteiger partial charge in [0.2, 0.25) is 0 Å². The molecule has 2 aromatic rings. The topological polar surface area (TPSA) is 59.1 Å². The van der Waals surface area contributed by atoms with Gasteiger partial charge in [-0.2, -0.15) is 5.10 Å². The molecule has 22 heavy (non-hydrogen) atoms. The van der Waals surface area contributed by atoms with E-state index in [-0.39, 0.29) is 5.92 Å². The summed E-state index contributed by atoms with van der Waals surface area (Å²) in [5.41, 5.74) is 1.02. The van der Waals surface area contributed by atoms with Gasteiger partial charge in [-0.25, -0.2) is 4.98 Å². The van der Waals surface area contributed by atoms with Crippen LogP contribution in [0.15, 0.2) is 18.6 Å². The number of rotatable bonds is 4. The minimum atomic E-state index is -0.523. The van der Waals surface area contributed by atoms with Crippen molar-refractivity contribution in [3.8, 4) is 0 Å². The van der Waals surface area contributed by atoms with Crippen molar-refractivity contribution in [2.24, 2.45) is 20.0 Å². The van der Waals surface area contributed by atoms with Crippen LogP contribution in [0.4, 0.5) is 0 Å². The molecule has 2 atom stereocenters. The van der Waals surface area contributed by atoms with Gasteiger partial charge in [0.15, 0.2) is 0 Å². The Labute approximate surface area is 135 Å². The Morgan fingerprint density at radius 3 is 2.91 bits per heavy atom. The summed E-state index contributed by atoms with van der Waals surface area (Å²) in [6.45, 7) is 2.62. The van der Waals surface area contributed by atoms with Gasteiger partial charge in [0.1, 0.15) is 11.9 Å². The second-order valence-electron chi connectivity index (χ2n) is 6.04. The molecule has 0 amide bonds. The number of aryl methyl sites for hydroxylation is 2. The first-order valence-electron chi connectivity index (χ1n) is 7.60. The molecular weight excluding hydrogens is 302 g/mol. The van der Waals surface area contributed by atoms with Gasteiger partial charge in [0.25, 0.3) is 0 Å². The summed E-state index contributed by atoms with van der Waals surface area (Å²) in [6.07, 6.45) is 6.85. The standard InChI is InChI=1S/C15H22ClN5O/c1-19-7-5-17-15(19)14(22)11-4-3-6-21(9-11)10-13-12(16)8-18-20(13)2/h5,7-8,11,14,22H,3-4,6,9-10H2,1-2H3/t11-,14+/m0/s1. The maximum atomic E-state index is 10.6. The molecule has 6 nitrogen and oxygen atoms in total. The number of aliphatic hydroxyl groups is 1. The van der Waals surface area contributed by atoms with Crippen molar-refractivity contribution in [2.75, 3.05) is 13.1 Å². The van der Waals surface area contributed by atoms with E-state index in [1.165, 1.54) is 0 Å². The molecule has 0 saturated carbocycles. The Hall–Kier alpha value is -1.37. The van der Waals surface area contributed by atoms with Crippen LogP contribution in [0.25, 0.3) is 0 Å². The number of aromatic nitrogens is 4. The number of imidazole rings is 1. The van der Waals surface area contributed by atoms with E-state index in [9.17, 15) is 5.11 Å². The highest BCUT2D eigenvalue weighted by Crippen LogP contribution is 2.30. The van der Waals surface area contributed by atoms with Crippen LogP contribution in [0.3, 0.4) is 0 Å². The van der Waals surface area contributed by atoms with Gasteiger partial charge in [-0.3, -0.25) is 9.58 Å². The van der Waals surface area contributed by atoms with Crippen molar-refractivity contribution < 1.29 is 5.11 Å². The van der Waals surface area contributed by atoms with Crippen LogP contribution < -0.4 is 0 Å². The van der Waals surface area contributed by atoms with Crippen LogP contribution >= 0.6 is 11.6 Å². The molecule has 0 bridgehead atoms. The maximum absolute atomic E-state index is 10.6.